The van der Waals surface area contributed by atoms with Gasteiger partial charge >= 0.3 is 0 Å². The molecular formula is C21H23N5OS. The molecule has 28 heavy (non-hydrogen) atoms. The van der Waals surface area contributed by atoms with Crippen LogP contribution in [0.3, 0.4) is 0 Å². The average Bonchev–Trinajstić information content (AvgIpc) is 3.49. The lowest BCUT2D eigenvalue weighted by atomic mass is 9.87. The zero-order valence-electron chi connectivity index (χ0n) is 15.6. The van der Waals surface area contributed by atoms with E-state index in [-0.39, 0.29) is 5.91 Å². The van der Waals surface area contributed by atoms with Crippen molar-refractivity contribution in [3.63, 3.8) is 0 Å². The van der Waals surface area contributed by atoms with E-state index in [0.29, 0.717) is 18.0 Å². The van der Waals surface area contributed by atoms with Crippen LogP contribution in [-0.2, 0) is 23.2 Å². The van der Waals surface area contributed by atoms with Crippen LogP contribution in [0.2, 0.25) is 0 Å². The number of benzene rings is 1. The second kappa shape index (κ2) is 7.14. The summed E-state index contributed by atoms with van der Waals surface area (Å²) in [7, 11) is 0. The van der Waals surface area contributed by atoms with Gasteiger partial charge in [0.1, 0.15) is 5.54 Å². The Balaban J connectivity index is 1.38. The summed E-state index contributed by atoms with van der Waals surface area (Å²) in [6, 6.07) is 8.48. The van der Waals surface area contributed by atoms with Crippen LogP contribution in [0.4, 0.5) is 5.13 Å². The third kappa shape index (κ3) is 3.04. The highest BCUT2D eigenvalue weighted by Crippen LogP contribution is 2.32. The summed E-state index contributed by atoms with van der Waals surface area (Å²) in [5.74, 6) is -0.0347. The quantitative estimate of drug-likeness (QED) is 0.714. The minimum absolute atomic E-state index is 0.0347. The first-order chi connectivity index (χ1) is 13.7. The SMILES string of the molecule is O=C(Nc1nc(-c2ccc3c(c2)CCC3)cs1)C1(n2cccn2)CCNCC1. The first-order valence-electron chi connectivity index (χ1n) is 9.85. The monoisotopic (exact) mass is 393 g/mol. The van der Waals surface area contributed by atoms with Crippen molar-refractivity contribution in [3.8, 4) is 11.3 Å². The zero-order chi connectivity index (χ0) is 19.0. The standard InChI is InChI=1S/C21H23N5OS/c27-19(21(7-10-22-11-8-21)26-12-2-9-23-26)25-20-24-18(14-28-20)17-6-5-15-3-1-4-16(15)13-17/h2,5-6,9,12-14,22H,1,3-4,7-8,10-11H2,(H,24,25,27). The normalized spacial score (nSPS) is 18.0. The van der Waals surface area contributed by atoms with Gasteiger partial charge in [-0.3, -0.25) is 14.8 Å². The molecule has 144 valence electrons. The van der Waals surface area contributed by atoms with Crippen molar-refractivity contribution in [2.45, 2.75) is 37.6 Å². The number of carbonyl (C=O) groups excluding carboxylic acids is 1. The molecule has 0 spiro atoms. The largest absolute Gasteiger partial charge is 0.317 e. The molecule has 2 aromatic heterocycles. The molecule has 0 saturated carbocycles. The Morgan fingerprint density at radius 3 is 2.89 bits per heavy atom. The molecule has 0 radical (unpaired) electrons. The molecule has 7 heteroatoms. The van der Waals surface area contributed by atoms with Crippen LogP contribution in [-0.4, -0.2) is 33.8 Å². The van der Waals surface area contributed by atoms with E-state index in [9.17, 15) is 4.79 Å². The topological polar surface area (TPSA) is 71.8 Å². The highest BCUT2D eigenvalue weighted by Gasteiger charge is 2.42. The summed E-state index contributed by atoms with van der Waals surface area (Å²) >= 11 is 1.48. The fourth-order valence-corrected chi connectivity index (χ4v) is 5.05. The summed E-state index contributed by atoms with van der Waals surface area (Å²) in [4.78, 5) is 17.9. The van der Waals surface area contributed by atoms with Crippen molar-refractivity contribution in [2.75, 3.05) is 18.4 Å². The predicted octanol–water partition coefficient (Wildman–Crippen LogP) is 3.21. The van der Waals surface area contributed by atoms with Crippen LogP contribution < -0.4 is 10.6 Å². The van der Waals surface area contributed by atoms with Gasteiger partial charge in [0.05, 0.1) is 5.69 Å². The van der Waals surface area contributed by atoms with Crippen molar-refractivity contribution in [1.82, 2.24) is 20.1 Å². The Hall–Kier alpha value is -2.51. The average molecular weight is 394 g/mol. The molecule has 1 aliphatic heterocycles. The van der Waals surface area contributed by atoms with E-state index in [0.717, 1.165) is 30.8 Å². The van der Waals surface area contributed by atoms with Gasteiger partial charge in [-0.2, -0.15) is 5.10 Å². The number of aromatic nitrogens is 3. The zero-order valence-corrected chi connectivity index (χ0v) is 16.5. The van der Waals surface area contributed by atoms with Gasteiger partial charge in [0.2, 0.25) is 0 Å². The Morgan fingerprint density at radius 2 is 2.07 bits per heavy atom. The first-order valence-corrected chi connectivity index (χ1v) is 10.7. The van der Waals surface area contributed by atoms with Gasteiger partial charge in [0.15, 0.2) is 5.13 Å². The number of hydrogen-bond donors (Lipinski definition) is 2. The molecule has 2 aliphatic rings. The maximum Gasteiger partial charge on any atom is 0.254 e. The number of nitrogens with one attached hydrogen (secondary N) is 2. The molecule has 5 rings (SSSR count). The van der Waals surface area contributed by atoms with Gasteiger partial charge in [-0.1, -0.05) is 12.1 Å². The molecule has 3 heterocycles. The number of rotatable bonds is 4. The van der Waals surface area contributed by atoms with Crippen molar-refractivity contribution >= 4 is 22.4 Å². The van der Waals surface area contributed by atoms with Gasteiger partial charge in [-0.15, -0.1) is 11.3 Å². The molecule has 6 nitrogen and oxygen atoms in total. The minimum Gasteiger partial charge on any atom is -0.317 e. The van der Waals surface area contributed by atoms with E-state index < -0.39 is 5.54 Å². The Kier molecular flexibility index (Phi) is 4.49. The van der Waals surface area contributed by atoms with Crippen molar-refractivity contribution in [1.29, 1.82) is 0 Å². The van der Waals surface area contributed by atoms with E-state index in [2.05, 4.69) is 33.9 Å². The van der Waals surface area contributed by atoms with Gasteiger partial charge in [0, 0.05) is 23.3 Å². The van der Waals surface area contributed by atoms with Crippen molar-refractivity contribution in [2.24, 2.45) is 0 Å². The highest BCUT2D eigenvalue weighted by molar-refractivity contribution is 7.14. The van der Waals surface area contributed by atoms with E-state index in [1.807, 2.05) is 17.6 Å². The molecule has 1 fully saturated rings. The number of hydrogen-bond acceptors (Lipinski definition) is 5. The van der Waals surface area contributed by atoms with E-state index >= 15 is 0 Å². The molecule has 0 atom stereocenters. The molecule has 1 amide bonds. The second-order valence-corrected chi connectivity index (χ2v) is 8.42. The molecule has 1 aliphatic carbocycles. The van der Waals surface area contributed by atoms with Crippen molar-refractivity contribution in [3.05, 3.63) is 53.2 Å². The highest BCUT2D eigenvalue weighted by atomic mass is 32.1. The minimum atomic E-state index is -0.659. The Labute approximate surface area is 168 Å². The Bertz CT molecular complexity index is 988. The summed E-state index contributed by atoms with van der Waals surface area (Å²) in [5, 5.41) is 13.4. The first kappa shape index (κ1) is 17.6. The predicted molar refractivity (Wildman–Crippen MR) is 111 cm³/mol. The lowest BCUT2D eigenvalue weighted by molar-refractivity contribution is -0.126. The van der Waals surface area contributed by atoms with Crippen LogP contribution in [0.25, 0.3) is 11.3 Å². The molecule has 0 bridgehead atoms. The third-order valence-corrected chi connectivity index (χ3v) is 6.67. The second-order valence-electron chi connectivity index (χ2n) is 7.56. The Morgan fingerprint density at radius 1 is 1.21 bits per heavy atom. The van der Waals surface area contributed by atoms with Crippen LogP contribution in [0, 0.1) is 0 Å². The molecule has 1 saturated heterocycles. The number of nitrogens with zero attached hydrogens (tertiary/aromatic N) is 3. The number of thiazole rings is 1. The van der Waals surface area contributed by atoms with Crippen LogP contribution >= 0.6 is 11.3 Å². The fourth-order valence-electron chi connectivity index (χ4n) is 4.33. The van der Waals surface area contributed by atoms with Gasteiger partial charge in [-0.25, -0.2) is 4.98 Å². The number of piperidine rings is 1. The smallest absolute Gasteiger partial charge is 0.254 e. The maximum absolute atomic E-state index is 13.3. The van der Waals surface area contributed by atoms with Crippen molar-refractivity contribution < 1.29 is 4.79 Å². The molecule has 2 N–H and O–H groups in total. The summed E-state index contributed by atoms with van der Waals surface area (Å²) in [6.07, 6.45) is 8.60. The number of fused-ring (bicyclic) bond motifs is 1. The number of aryl methyl sites for hydroxylation is 2. The molecule has 3 aromatic rings. The summed E-state index contributed by atoms with van der Waals surface area (Å²) < 4.78 is 1.80. The van der Waals surface area contributed by atoms with E-state index in [4.69, 9.17) is 4.98 Å². The van der Waals surface area contributed by atoms with E-state index in [1.165, 1.54) is 35.3 Å². The fraction of sp³-hybridized carbons (Fsp3) is 0.381. The third-order valence-electron chi connectivity index (χ3n) is 5.92. The molecular weight excluding hydrogens is 370 g/mol. The summed E-state index contributed by atoms with van der Waals surface area (Å²) in [6.45, 7) is 1.59. The molecule has 1 aromatic carbocycles. The number of carbonyl (C=O) groups is 1. The van der Waals surface area contributed by atoms with E-state index in [1.54, 1.807) is 10.9 Å². The van der Waals surface area contributed by atoms with Crippen LogP contribution in [0.5, 0.6) is 0 Å². The van der Waals surface area contributed by atoms with Crippen LogP contribution in [0.15, 0.2) is 42.0 Å². The maximum atomic E-state index is 13.3. The summed E-state index contributed by atoms with van der Waals surface area (Å²) in [5.41, 5.74) is 4.28. The van der Waals surface area contributed by atoms with Crippen LogP contribution in [0.1, 0.15) is 30.4 Å². The van der Waals surface area contributed by atoms with Gasteiger partial charge in [-0.05, 0) is 68.5 Å². The lowest BCUT2D eigenvalue weighted by Gasteiger charge is -2.36. The molecule has 0 unspecified atom stereocenters. The van der Waals surface area contributed by atoms with Gasteiger partial charge in [0.25, 0.3) is 5.91 Å². The van der Waals surface area contributed by atoms with Gasteiger partial charge < -0.3 is 5.32 Å². The number of amides is 1. The number of anilines is 1. The lowest BCUT2D eigenvalue weighted by Crippen LogP contribution is -2.52.